The molecule has 2 N–H and O–H groups in total. The van der Waals surface area contributed by atoms with E-state index in [2.05, 4.69) is 9.97 Å². The average molecular weight is 219 g/mol. The highest BCUT2D eigenvalue weighted by atomic mass is 32.1. The van der Waals surface area contributed by atoms with Crippen molar-refractivity contribution in [1.29, 1.82) is 0 Å². The Bertz CT molecular complexity index is 422. The zero-order valence-corrected chi connectivity index (χ0v) is 9.37. The van der Waals surface area contributed by atoms with Crippen molar-refractivity contribution in [2.24, 2.45) is 5.73 Å². The van der Waals surface area contributed by atoms with Crippen molar-refractivity contribution in [1.82, 2.24) is 9.97 Å². The number of hydrogen-bond acceptors (Lipinski definition) is 4. The number of hydrogen-bond donors (Lipinski definition) is 1. The standard InChI is InChI=1S/C11H13N3S/c1-8(12)5-10-7-14-11(15-10)9-3-2-4-13-6-9/h2-4,6-8H,5,12H2,1H3. The Morgan fingerprint density at radius 1 is 1.47 bits per heavy atom. The molecule has 0 aliphatic carbocycles. The molecule has 0 saturated carbocycles. The molecule has 0 aliphatic rings. The maximum atomic E-state index is 5.74. The van der Waals surface area contributed by atoms with Crippen LogP contribution < -0.4 is 5.73 Å². The van der Waals surface area contributed by atoms with Crippen molar-refractivity contribution in [2.45, 2.75) is 19.4 Å². The molecular formula is C11H13N3S. The Hall–Kier alpha value is -1.26. The van der Waals surface area contributed by atoms with Crippen molar-refractivity contribution in [3.05, 3.63) is 35.6 Å². The smallest absolute Gasteiger partial charge is 0.125 e. The Kier molecular flexibility index (Phi) is 3.08. The molecule has 0 radical (unpaired) electrons. The van der Waals surface area contributed by atoms with Gasteiger partial charge in [0.1, 0.15) is 5.01 Å². The summed E-state index contributed by atoms with van der Waals surface area (Å²) in [5, 5.41) is 1.01. The molecule has 1 unspecified atom stereocenters. The van der Waals surface area contributed by atoms with Crippen LogP contribution in [0.2, 0.25) is 0 Å². The molecule has 4 heteroatoms. The van der Waals surface area contributed by atoms with Crippen LogP contribution in [0, 0.1) is 0 Å². The van der Waals surface area contributed by atoms with Gasteiger partial charge in [0.2, 0.25) is 0 Å². The van der Waals surface area contributed by atoms with Gasteiger partial charge in [0.05, 0.1) is 0 Å². The van der Waals surface area contributed by atoms with E-state index in [0.29, 0.717) is 0 Å². The quantitative estimate of drug-likeness (QED) is 0.860. The monoisotopic (exact) mass is 219 g/mol. The highest BCUT2D eigenvalue weighted by molar-refractivity contribution is 7.15. The summed E-state index contributed by atoms with van der Waals surface area (Å²) >= 11 is 1.68. The van der Waals surface area contributed by atoms with E-state index in [9.17, 15) is 0 Å². The molecule has 2 aromatic heterocycles. The summed E-state index contributed by atoms with van der Waals surface area (Å²) in [6.45, 7) is 2.00. The van der Waals surface area contributed by atoms with Crippen LogP contribution in [0.1, 0.15) is 11.8 Å². The molecule has 2 aromatic rings. The number of nitrogens with zero attached hydrogens (tertiary/aromatic N) is 2. The van der Waals surface area contributed by atoms with Crippen molar-refractivity contribution in [3.63, 3.8) is 0 Å². The molecular weight excluding hydrogens is 206 g/mol. The van der Waals surface area contributed by atoms with Crippen LogP contribution in [-0.4, -0.2) is 16.0 Å². The van der Waals surface area contributed by atoms with Gasteiger partial charge in [-0.1, -0.05) is 0 Å². The molecule has 0 spiro atoms. The molecule has 0 amide bonds. The summed E-state index contributed by atoms with van der Waals surface area (Å²) in [6, 6.07) is 4.12. The first kappa shape index (κ1) is 10.3. The Labute approximate surface area is 93.0 Å². The number of nitrogens with two attached hydrogens (primary N) is 1. The first-order valence-electron chi connectivity index (χ1n) is 4.86. The average Bonchev–Trinajstić information content (AvgIpc) is 2.67. The van der Waals surface area contributed by atoms with Gasteiger partial charge in [0.25, 0.3) is 0 Å². The highest BCUT2D eigenvalue weighted by Gasteiger charge is 2.05. The Balaban J connectivity index is 2.21. The van der Waals surface area contributed by atoms with Gasteiger partial charge < -0.3 is 5.73 Å². The zero-order chi connectivity index (χ0) is 10.7. The van der Waals surface area contributed by atoms with Crippen molar-refractivity contribution in [2.75, 3.05) is 0 Å². The van der Waals surface area contributed by atoms with E-state index in [-0.39, 0.29) is 6.04 Å². The SMILES string of the molecule is CC(N)Cc1cnc(-c2cccnc2)s1. The van der Waals surface area contributed by atoms with E-state index < -0.39 is 0 Å². The third-order valence-electron chi connectivity index (χ3n) is 1.99. The molecule has 0 fully saturated rings. The minimum absolute atomic E-state index is 0.187. The van der Waals surface area contributed by atoms with Crippen LogP contribution in [-0.2, 0) is 6.42 Å². The van der Waals surface area contributed by atoms with E-state index in [1.54, 1.807) is 17.5 Å². The van der Waals surface area contributed by atoms with Crippen LogP contribution in [0.15, 0.2) is 30.7 Å². The number of aromatic nitrogens is 2. The van der Waals surface area contributed by atoms with E-state index in [0.717, 1.165) is 17.0 Å². The summed E-state index contributed by atoms with van der Waals surface area (Å²) in [7, 11) is 0. The molecule has 1 atom stereocenters. The van der Waals surface area contributed by atoms with Gasteiger partial charge in [0, 0.05) is 35.1 Å². The fourth-order valence-electron chi connectivity index (χ4n) is 1.34. The predicted molar refractivity (Wildman–Crippen MR) is 62.7 cm³/mol. The van der Waals surface area contributed by atoms with Crippen LogP contribution in [0.5, 0.6) is 0 Å². The van der Waals surface area contributed by atoms with E-state index >= 15 is 0 Å². The normalized spacial score (nSPS) is 12.7. The number of thiazole rings is 1. The molecule has 2 rings (SSSR count). The summed E-state index contributed by atoms with van der Waals surface area (Å²) < 4.78 is 0. The fourth-order valence-corrected chi connectivity index (χ4v) is 2.39. The van der Waals surface area contributed by atoms with Gasteiger partial charge in [-0.25, -0.2) is 4.98 Å². The van der Waals surface area contributed by atoms with Gasteiger partial charge in [-0.2, -0.15) is 0 Å². The van der Waals surface area contributed by atoms with Gasteiger partial charge in [0.15, 0.2) is 0 Å². The Morgan fingerprint density at radius 2 is 2.33 bits per heavy atom. The molecule has 0 aromatic carbocycles. The molecule has 0 saturated heterocycles. The van der Waals surface area contributed by atoms with Crippen LogP contribution >= 0.6 is 11.3 Å². The first-order valence-corrected chi connectivity index (χ1v) is 5.68. The fraction of sp³-hybridized carbons (Fsp3) is 0.273. The molecule has 2 heterocycles. The second kappa shape index (κ2) is 4.51. The summed E-state index contributed by atoms with van der Waals surface area (Å²) in [5.74, 6) is 0. The lowest BCUT2D eigenvalue weighted by atomic mass is 10.2. The van der Waals surface area contributed by atoms with Gasteiger partial charge in [-0.05, 0) is 25.5 Å². The number of pyridine rings is 1. The van der Waals surface area contributed by atoms with Gasteiger partial charge in [-0.15, -0.1) is 11.3 Å². The largest absolute Gasteiger partial charge is 0.328 e. The van der Waals surface area contributed by atoms with Crippen molar-refractivity contribution >= 4 is 11.3 Å². The lowest BCUT2D eigenvalue weighted by Crippen LogP contribution is -2.16. The van der Waals surface area contributed by atoms with Crippen LogP contribution in [0.25, 0.3) is 10.6 Å². The third-order valence-corrected chi connectivity index (χ3v) is 3.05. The summed E-state index contributed by atoms with van der Waals surface area (Å²) in [5.41, 5.74) is 6.81. The minimum atomic E-state index is 0.187. The molecule has 3 nitrogen and oxygen atoms in total. The highest BCUT2D eigenvalue weighted by Crippen LogP contribution is 2.24. The van der Waals surface area contributed by atoms with Crippen molar-refractivity contribution in [3.8, 4) is 10.6 Å². The lowest BCUT2D eigenvalue weighted by Gasteiger charge is -1.99. The summed E-state index contributed by atoms with van der Waals surface area (Å²) in [4.78, 5) is 9.66. The van der Waals surface area contributed by atoms with E-state index in [1.807, 2.05) is 31.5 Å². The lowest BCUT2D eigenvalue weighted by molar-refractivity contribution is 0.745. The molecule has 0 bridgehead atoms. The number of rotatable bonds is 3. The first-order chi connectivity index (χ1) is 7.25. The molecule has 0 aliphatic heterocycles. The van der Waals surface area contributed by atoms with E-state index in [1.165, 1.54) is 4.88 Å². The third kappa shape index (κ3) is 2.61. The minimum Gasteiger partial charge on any atom is -0.328 e. The maximum absolute atomic E-state index is 5.74. The molecule has 78 valence electrons. The topological polar surface area (TPSA) is 51.8 Å². The van der Waals surface area contributed by atoms with Gasteiger partial charge in [-0.3, -0.25) is 4.98 Å². The van der Waals surface area contributed by atoms with Crippen molar-refractivity contribution < 1.29 is 0 Å². The second-order valence-electron chi connectivity index (χ2n) is 3.55. The maximum Gasteiger partial charge on any atom is 0.125 e. The van der Waals surface area contributed by atoms with E-state index in [4.69, 9.17) is 5.73 Å². The second-order valence-corrected chi connectivity index (χ2v) is 4.67. The van der Waals surface area contributed by atoms with Crippen LogP contribution in [0.4, 0.5) is 0 Å². The predicted octanol–water partition coefficient (Wildman–Crippen LogP) is 2.09. The van der Waals surface area contributed by atoms with Crippen LogP contribution in [0.3, 0.4) is 0 Å². The molecule has 15 heavy (non-hydrogen) atoms. The summed E-state index contributed by atoms with van der Waals surface area (Å²) in [6.07, 6.45) is 6.38. The van der Waals surface area contributed by atoms with Gasteiger partial charge >= 0.3 is 0 Å². The zero-order valence-electron chi connectivity index (χ0n) is 8.55. The Morgan fingerprint density at radius 3 is 3.00 bits per heavy atom.